The number of furan rings is 1. The van der Waals surface area contributed by atoms with Crippen LogP contribution in [0, 0.1) is 0 Å². The van der Waals surface area contributed by atoms with Gasteiger partial charge in [0.1, 0.15) is 18.1 Å². The molecule has 0 unspecified atom stereocenters. The molecule has 0 radical (unpaired) electrons. The number of hydrogen-bond donors (Lipinski definition) is 1. The van der Waals surface area contributed by atoms with Crippen LogP contribution in [-0.2, 0) is 29.7 Å². The molecule has 0 aliphatic carbocycles. The molecule has 0 fully saturated rings. The number of ether oxygens (including phenoxy) is 2. The number of hydrogen-bond acceptors (Lipinski definition) is 5. The lowest BCUT2D eigenvalue weighted by Gasteiger charge is -2.27. The molecule has 9 heteroatoms. The average Bonchev–Trinajstić information content (AvgIpc) is 3.51. The molecule has 1 N–H and O–H groups in total. The highest BCUT2D eigenvalue weighted by Crippen LogP contribution is 2.17. The Morgan fingerprint density at radius 1 is 1.06 bits per heavy atom. The molecule has 35 heavy (non-hydrogen) atoms. The van der Waals surface area contributed by atoms with Crippen molar-refractivity contribution < 1.29 is 23.5 Å². The Morgan fingerprint density at radius 2 is 1.86 bits per heavy atom. The molecule has 0 aliphatic rings. The van der Waals surface area contributed by atoms with Crippen LogP contribution < -0.4 is 10.1 Å². The van der Waals surface area contributed by atoms with Gasteiger partial charge in [0.05, 0.1) is 26.0 Å². The van der Waals surface area contributed by atoms with Crippen LogP contribution in [0.1, 0.15) is 24.8 Å². The monoisotopic (exact) mass is 482 g/mol. The molecule has 0 spiro atoms. The highest BCUT2D eigenvalue weighted by atomic mass is 16.5. The Labute approximate surface area is 206 Å². The fraction of sp³-hybridized carbons (Fsp3) is 0.385. The second-order valence-corrected chi connectivity index (χ2v) is 8.10. The van der Waals surface area contributed by atoms with E-state index in [0.29, 0.717) is 50.7 Å². The molecule has 0 atom stereocenters. The summed E-state index contributed by atoms with van der Waals surface area (Å²) in [5.41, 5.74) is 1.61. The maximum Gasteiger partial charge on any atom is 0.322 e. The van der Waals surface area contributed by atoms with Crippen molar-refractivity contribution in [1.82, 2.24) is 14.4 Å². The first-order valence-corrected chi connectivity index (χ1v) is 11.7. The third kappa shape index (κ3) is 7.92. The molecular weight excluding hydrogens is 448 g/mol. The molecule has 9 nitrogen and oxygen atoms in total. The summed E-state index contributed by atoms with van der Waals surface area (Å²) in [6.45, 7) is 3.98. The number of amides is 3. The maximum atomic E-state index is 13.4. The molecule has 1 aromatic carbocycles. The summed E-state index contributed by atoms with van der Waals surface area (Å²) < 4.78 is 18.1. The smallest absolute Gasteiger partial charge is 0.322 e. The number of benzene rings is 1. The van der Waals surface area contributed by atoms with Crippen LogP contribution in [0.15, 0.2) is 65.4 Å². The van der Waals surface area contributed by atoms with E-state index < -0.39 is 0 Å². The lowest BCUT2D eigenvalue weighted by Crippen LogP contribution is -2.44. The second-order valence-electron chi connectivity index (χ2n) is 8.10. The van der Waals surface area contributed by atoms with Crippen molar-refractivity contribution in [3.05, 3.63) is 72.4 Å². The fourth-order valence-corrected chi connectivity index (χ4v) is 3.60. The van der Waals surface area contributed by atoms with Gasteiger partial charge < -0.3 is 33.6 Å². The predicted molar refractivity (Wildman–Crippen MR) is 133 cm³/mol. The van der Waals surface area contributed by atoms with E-state index >= 15 is 0 Å². The summed E-state index contributed by atoms with van der Waals surface area (Å²) >= 11 is 0. The second kappa shape index (κ2) is 13.2. The first kappa shape index (κ1) is 25.9. The summed E-state index contributed by atoms with van der Waals surface area (Å²) in [7, 11) is 3.55. The molecule has 3 aromatic rings. The third-order valence-corrected chi connectivity index (χ3v) is 5.49. The number of nitrogens with zero attached hydrogens (tertiary/aromatic N) is 3. The number of carbonyl (C=O) groups excluding carboxylic acids is 2. The summed E-state index contributed by atoms with van der Waals surface area (Å²) in [5, 5.41) is 2.88. The number of rotatable bonds is 13. The van der Waals surface area contributed by atoms with E-state index in [-0.39, 0.29) is 18.5 Å². The molecule has 0 bridgehead atoms. The van der Waals surface area contributed by atoms with Crippen molar-refractivity contribution in [3.63, 3.8) is 0 Å². The quantitative estimate of drug-likeness (QED) is 0.370. The molecule has 3 amide bonds. The van der Waals surface area contributed by atoms with Crippen molar-refractivity contribution in [2.24, 2.45) is 7.05 Å². The van der Waals surface area contributed by atoms with Crippen LogP contribution in [0.4, 0.5) is 10.5 Å². The largest absolute Gasteiger partial charge is 0.494 e. The minimum absolute atomic E-state index is 0.0717. The molecule has 0 aliphatic heterocycles. The number of aromatic nitrogens is 1. The molecule has 188 valence electrons. The van der Waals surface area contributed by atoms with E-state index in [1.807, 2.05) is 42.9 Å². The van der Waals surface area contributed by atoms with Gasteiger partial charge in [-0.2, -0.15) is 0 Å². The summed E-state index contributed by atoms with van der Waals surface area (Å²) in [6.07, 6.45) is 4.13. The molecular formula is C26H34N4O5. The Balaban J connectivity index is 1.72. The number of aryl methyl sites for hydroxylation is 1. The van der Waals surface area contributed by atoms with Gasteiger partial charge in [-0.1, -0.05) is 0 Å². The first-order chi connectivity index (χ1) is 17.0. The average molecular weight is 483 g/mol. The van der Waals surface area contributed by atoms with Gasteiger partial charge in [-0.3, -0.25) is 4.79 Å². The molecule has 0 saturated heterocycles. The standard InChI is InChI=1S/C26H34N4O5/c1-4-34-23-12-10-21(11-13-23)27-26(32)29(15-7-16-33-3)20-25(31)30(19-24-9-6-17-35-24)18-22-8-5-14-28(22)2/h5-6,8-14,17H,4,7,15-16,18-20H2,1-3H3,(H,27,32). The Kier molecular flexibility index (Phi) is 9.80. The third-order valence-electron chi connectivity index (χ3n) is 5.49. The Hall–Kier alpha value is -3.72. The van der Waals surface area contributed by atoms with Crippen molar-refractivity contribution in [1.29, 1.82) is 0 Å². The Morgan fingerprint density at radius 3 is 2.49 bits per heavy atom. The SMILES string of the molecule is CCOc1ccc(NC(=O)N(CCCOC)CC(=O)N(Cc2ccco2)Cc2cccn2C)cc1. The van der Waals surface area contributed by atoms with Gasteiger partial charge in [-0.05, 0) is 61.9 Å². The van der Waals surface area contributed by atoms with Gasteiger partial charge in [-0.25, -0.2) is 4.79 Å². The van der Waals surface area contributed by atoms with Gasteiger partial charge in [0.25, 0.3) is 0 Å². The number of urea groups is 1. The highest BCUT2D eigenvalue weighted by molar-refractivity contribution is 5.92. The summed E-state index contributed by atoms with van der Waals surface area (Å²) in [6, 6.07) is 14.3. The minimum Gasteiger partial charge on any atom is -0.494 e. The minimum atomic E-state index is -0.351. The number of methoxy groups -OCH3 is 1. The predicted octanol–water partition coefficient (Wildman–Crippen LogP) is 4.12. The van der Waals surface area contributed by atoms with E-state index in [4.69, 9.17) is 13.9 Å². The topological polar surface area (TPSA) is 89.2 Å². The van der Waals surface area contributed by atoms with Crippen molar-refractivity contribution in [2.75, 3.05) is 38.7 Å². The van der Waals surface area contributed by atoms with Gasteiger partial charge >= 0.3 is 6.03 Å². The molecule has 2 aromatic heterocycles. The van der Waals surface area contributed by atoms with Gasteiger partial charge in [0.15, 0.2) is 0 Å². The van der Waals surface area contributed by atoms with Crippen molar-refractivity contribution in [3.8, 4) is 5.75 Å². The molecule has 2 heterocycles. The van der Waals surface area contributed by atoms with Crippen LogP contribution in [0.2, 0.25) is 0 Å². The van der Waals surface area contributed by atoms with E-state index in [2.05, 4.69) is 5.32 Å². The highest BCUT2D eigenvalue weighted by Gasteiger charge is 2.23. The van der Waals surface area contributed by atoms with Gasteiger partial charge in [0, 0.05) is 44.9 Å². The van der Waals surface area contributed by atoms with E-state index in [9.17, 15) is 9.59 Å². The van der Waals surface area contributed by atoms with Crippen LogP contribution in [-0.4, -0.2) is 59.7 Å². The number of nitrogens with one attached hydrogen (secondary N) is 1. The van der Waals surface area contributed by atoms with Gasteiger partial charge in [0.2, 0.25) is 5.91 Å². The fourth-order valence-electron chi connectivity index (χ4n) is 3.60. The molecule has 3 rings (SSSR count). The zero-order valence-corrected chi connectivity index (χ0v) is 20.6. The Bertz CT molecular complexity index is 1050. The first-order valence-electron chi connectivity index (χ1n) is 11.7. The van der Waals surface area contributed by atoms with E-state index in [0.717, 1.165) is 11.4 Å². The van der Waals surface area contributed by atoms with E-state index in [1.165, 1.54) is 4.90 Å². The lowest BCUT2D eigenvalue weighted by molar-refractivity contribution is -0.133. The van der Waals surface area contributed by atoms with Crippen LogP contribution >= 0.6 is 0 Å². The van der Waals surface area contributed by atoms with Gasteiger partial charge in [-0.15, -0.1) is 0 Å². The molecule has 0 saturated carbocycles. The van der Waals surface area contributed by atoms with Crippen LogP contribution in [0.3, 0.4) is 0 Å². The summed E-state index contributed by atoms with van der Waals surface area (Å²) in [4.78, 5) is 29.8. The summed E-state index contributed by atoms with van der Waals surface area (Å²) in [5.74, 6) is 1.23. The van der Waals surface area contributed by atoms with Crippen molar-refractivity contribution in [2.45, 2.75) is 26.4 Å². The van der Waals surface area contributed by atoms with Crippen molar-refractivity contribution >= 4 is 17.6 Å². The number of anilines is 1. The number of carbonyl (C=O) groups is 2. The van der Waals surface area contributed by atoms with Crippen LogP contribution in [0.5, 0.6) is 5.75 Å². The van der Waals surface area contributed by atoms with Crippen LogP contribution in [0.25, 0.3) is 0 Å². The zero-order valence-electron chi connectivity index (χ0n) is 20.6. The normalized spacial score (nSPS) is 10.7. The maximum absolute atomic E-state index is 13.4. The van der Waals surface area contributed by atoms with E-state index in [1.54, 1.807) is 48.6 Å². The lowest BCUT2D eigenvalue weighted by atomic mass is 10.3. The zero-order chi connectivity index (χ0) is 25.0.